The molecule has 35 heavy (non-hydrogen) atoms. The quantitative estimate of drug-likeness (QED) is 0.507. The second kappa shape index (κ2) is 7.57. The fraction of sp³-hybridized carbons (Fsp3) is 0.500. The van der Waals surface area contributed by atoms with Gasteiger partial charge in [-0.1, -0.05) is 0 Å². The van der Waals surface area contributed by atoms with Crippen LogP contribution in [0.15, 0.2) is 23.3 Å². The number of hydrogen-bond acceptors (Lipinski definition) is 9. The molecule has 0 aromatic carbocycles. The number of ether oxygens (including phenoxy) is 1. The van der Waals surface area contributed by atoms with Gasteiger partial charge in [-0.15, -0.1) is 11.3 Å². The minimum Gasteiger partial charge on any atom is -0.374 e. The van der Waals surface area contributed by atoms with E-state index >= 15 is 0 Å². The Morgan fingerprint density at radius 3 is 2.89 bits per heavy atom. The van der Waals surface area contributed by atoms with Crippen LogP contribution in [0.25, 0.3) is 10.2 Å². The highest BCUT2D eigenvalue weighted by molar-refractivity contribution is 7.20. The minimum atomic E-state index is -0.864. The Morgan fingerprint density at radius 2 is 2.14 bits per heavy atom. The third-order valence-electron chi connectivity index (χ3n) is 7.92. The lowest BCUT2D eigenvalue weighted by Crippen LogP contribution is -2.45. The van der Waals surface area contributed by atoms with Crippen molar-refractivity contribution in [1.82, 2.24) is 24.8 Å². The monoisotopic (exact) mass is 494 g/mol. The number of likely N-dealkylation sites (tertiary alicyclic amines) is 1. The van der Waals surface area contributed by atoms with Crippen LogP contribution in [0.3, 0.4) is 0 Å². The summed E-state index contributed by atoms with van der Waals surface area (Å²) in [4.78, 5) is 38.8. The average Bonchev–Trinajstić information content (AvgIpc) is 3.66. The second-order valence-corrected chi connectivity index (χ2v) is 11.1. The van der Waals surface area contributed by atoms with Gasteiger partial charge in [0.25, 0.3) is 11.5 Å². The number of nitrogens with zero attached hydrogens (tertiary/aromatic N) is 4. The summed E-state index contributed by atoms with van der Waals surface area (Å²) >= 11 is 1.34. The van der Waals surface area contributed by atoms with Gasteiger partial charge in [0, 0.05) is 6.54 Å². The normalized spacial score (nSPS) is 26.2. The Hall–Kier alpha value is -2.86. The van der Waals surface area contributed by atoms with E-state index in [2.05, 4.69) is 20.6 Å². The molecule has 3 aromatic heterocycles. The maximum atomic E-state index is 13.7. The third kappa shape index (κ3) is 3.11. The van der Waals surface area contributed by atoms with Crippen molar-refractivity contribution in [2.24, 2.45) is 0 Å². The van der Waals surface area contributed by atoms with Gasteiger partial charge in [-0.3, -0.25) is 19.5 Å². The van der Waals surface area contributed by atoms with Crippen molar-refractivity contribution in [3.8, 4) is 0 Å². The van der Waals surface area contributed by atoms with Gasteiger partial charge in [-0.05, 0) is 56.7 Å². The lowest BCUT2D eigenvalue weighted by Gasteiger charge is -2.27. The fourth-order valence-corrected chi connectivity index (χ4v) is 7.26. The number of amides is 1. The van der Waals surface area contributed by atoms with Crippen molar-refractivity contribution in [3.05, 3.63) is 44.9 Å². The van der Waals surface area contributed by atoms with Gasteiger partial charge in [0.1, 0.15) is 34.6 Å². The first kappa shape index (κ1) is 21.4. The highest BCUT2D eigenvalue weighted by Gasteiger charge is 2.46. The number of morpholine rings is 1. The molecule has 3 aromatic rings. The van der Waals surface area contributed by atoms with Crippen LogP contribution in [-0.4, -0.2) is 55.7 Å². The number of hydrogen-bond donors (Lipinski definition) is 3. The number of nitrogens with one attached hydrogen (secondary N) is 2. The predicted molar refractivity (Wildman–Crippen MR) is 130 cm³/mol. The number of carbonyl (C=O) groups excluding carboxylic acids is 1. The number of aryl methyl sites for hydroxylation is 1. The molecule has 3 fully saturated rings. The van der Waals surface area contributed by atoms with Crippen molar-refractivity contribution in [2.75, 3.05) is 18.5 Å². The molecule has 6 heterocycles. The fourth-order valence-electron chi connectivity index (χ4n) is 6.30. The Morgan fingerprint density at radius 1 is 1.31 bits per heavy atom. The molecule has 7 rings (SSSR count). The highest BCUT2D eigenvalue weighted by Crippen LogP contribution is 2.42. The Balaban J connectivity index is 1.26. The van der Waals surface area contributed by atoms with E-state index in [4.69, 9.17) is 4.74 Å². The molecular weight excluding hydrogens is 468 g/mol. The number of aromatic nitrogens is 3. The zero-order valence-corrected chi connectivity index (χ0v) is 20.1. The first-order chi connectivity index (χ1) is 16.9. The van der Waals surface area contributed by atoms with E-state index in [0.717, 1.165) is 37.7 Å². The van der Waals surface area contributed by atoms with Crippen LogP contribution in [-0.2, 0) is 10.4 Å². The molecule has 3 aliphatic heterocycles. The van der Waals surface area contributed by atoms with Crippen LogP contribution in [0.1, 0.15) is 59.3 Å². The van der Waals surface area contributed by atoms with Crippen molar-refractivity contribution in [3.63, 3.8) is 0 Å². The molecule has 10 nitrogen and oxygen atoms in total. The van der Waals surface area contributed by atoms with E-state index in [0.29, 0.717) is 45.4 Å². The number of aliphatic hydroxyl groups excluding tert-OH is 1. The first-order valence-corrected chi connectivity index (χ1v) is 12.9. The van der Waals surface area contributed by atoms with Gasteiger partial charge < -0.3 is 20.1 Å². The van der Waals surface area contributed by atoms with E-state index in [-0.39, 0.29) is 23.6 Å². The van der Waals surface area contributed by atoms with Crippen molar-refractivity contribution < 1.29 is 14.6 Å². The lowest BCUT2D eigenvalue weighted by atomic mass is 10.1. The predicted octanol–water partition coefficient (Wildman–Crippen LogP) is 2.34. The standard InChI is InChI=1S/C24H26N6O4S/c1-12-6-16(22(32)30-18(12)20(31)28-24(30)4-2-3-5-24)27-19-15-8-17(35-21(15)26-11-25-19)23(33)29-9-14-7-13(29)10-34-14/h6,8,11,13-14,20,28,31H,2-5,7,9-10H2,1H3,(H,25,26,27)/t13-,14-,20?/m1/s1. The van der Waals surface area contributed by atoms with Crippen molar-refractivity contribution in [1.29, 1.82) is 0 Å². The molecule has 182 valence electrons. The molecule has 2 bridgehead atoms. The Labute approximate surface area is 204 Å². The summed E-state index contributed by atoms with van der Waals surface area (Å²) in [6.07, 6.45) is 5.24. The van der Waals surface area contributed by atoms with E-state index in [1.54, 1.807) is 10.6 Å². The molecule has 2 saturated heterocycles. The number of rotatable bonds is 3. The number of carbonyl (C=O) groups is 1. The summed E-state index contributed by atoms with van der Waals surface area (Å²) < 4.78 is 7.38. The maximum Gasteiger partial charge on any atom is 0.276 e. The van der Waals surface area contributed by atoms with E-state index in [1.807, 2.05) is 17.9 Å². The molecule has 11 heteroatoms. The topological polar surface area (TPSA) is 122 Å². The van der Waals surface area contributed by atoms with Crippen LogP contribution in [0, 0.1) is 6.92 Å². The summed E-state index contributed by atoms with van der Waals surface area (Å²) in [6, 6.07) is 3.72. The van der Waals surface area contributed by atoms with Crippen LogP contribution in [0.5, 0.6) is 0 Å². The molecule has 1 unspecified atom stereocenters. The molecule has 1 amide bonds. The molecular formula is C24H26N6O4S. The van der Waals surface area contributed by atoms with Crippen molar-refractivity contribution in [2.45, 2.75) is 63.1 Å². The summed E-state index contributed by atoms with van der Waals surface area (Å²) in [5, 5.41) is 17.9. The van der Waals surface area contributed by atoms with Crippen LogP contribution >= 0.6 is 11.3 Å². The number of anilines is 2. The van der Waals surface area contributed by atoms with Gasteiger partial charge in [-0.2, -0.15) is 0 Å². The summed E-state index contributed by atoms with van der Waals surface area (Å²) in [6.45, 7) is 3.13. The minimum absolute atomic E-state index is 0.00793. The number of aliphatic hydroxyl groups is 1. The third-order valence-corrected chi connectivity index (χ3v) is 8.95. The van der Waals surface area contributed by atoms with E-state index in [1.165, 1.54) is 17.7 Å². The molecule has 1 saturated carbocycles. The van der Waals surface area contributed by atoms with E-state index < -0.39 is 11.9 Å². The van der Waals surface area contributed by atoms with Crippen molar-refractivity contribution >= 4 is 39.0 Å². The molecule has 0 radical (unpaired) electrons. The number of fused-ring (bicyclic) bond motifs is 5. The van der Waals surface area contributed by atoms with Crippen LogP contribution in [0.4, 0.5) is 11.5 Å². The van der Waals surface area contributed by atoms with Gasteiger partial charge in [-0.25, -0.2) is 9.97 Å². The SMILES string of the molecule is Cc1cc(Nc2ncnc3sc(C(=O)N4C[C@H]5C[C@@H]4CO5)cc23)c(=O)n2c1C(O)NC21CCCC1. The molecule has 3 atom stereocenters. The van der Waals surface area contributed by atoms with E-state index in [9.17, 15) is 14.7 Å². The average molecular weight is 495 g/mol. The van der Waals surface area contributed by atoms with Gasteiger partial charge in [0.15, 0.2) is 0 Å². The van der Waals surface area contributed by atoms with Gasteiger partial charge in [0.05, 0.1) is 34.7 Å². The second-order valence-electron chi connectivity index (χ2n) is 10.0. The maximum absolute atomic E-state index is 13.7. The molecule has 3 N–H and O–H groups in total. The zero-order valence-electron chi connectivity index (χ0n) is 19.3. The summed E-state index contributed by atoms with van der Waals surface area (Å²) in [5.41, 5.74) is 1.11. The zero-order chi connectivity index (χ0) is 23.9. The highest BCUT2D eigenvalue weighted by atomic mass is 32.1. The Bertz CT molecular complexity index is 1430. The molecule has 1 aliphatic carbocycles. The smallest absolute Gasteiger partial charge is 0.276 e. The Kier molecular flexibility index (Phi) is 4.63. The van der Waals surface area contributed by atoms with Gasteiger partial charge in [0.2, 0.25) is 0 Å². The first-order valence-electron chi connectivity index (χ1n) is 12.1. The number of pyridine rings is 1. The largest absolute Gasteiger partial charge is 0.374 e. The van der Waals surface area contributed by atoms with Crippen LogP contribution in [0.2, 0.25) is 0 Å². The number of thiophene rings is 1. The van der Waals surface area contributed by atoms with Crippen LogP contribution < -0.4 is 16.2 Å². The van der Waals surface area contributed by atoms with Gasteiger partial charge >= 0.3 is 0 Å². The molecule has 1 spiro atoms. The summed E-state index contributed by atoms with van der Waals surface area (Å²) in [5.74, 6) is 0.479. The lowest BCUT2D eigenvalue weighted by molar-refractivity contribution is 0.0262. The summed E-state index contributed by atoms with van der Waals surface area (Å²) in [7, 11) is 0. The molecule has 4 aliphatic rings.